The summed E-state index contributed by atoms with van der Waals surface area (Å²) >= 11 is 7.99. The molecule has 0 radical (unpaired) electrons. The number of nitrogens with two attached hydrogens (primary N) is 1. The van der Waals surface area contributed by atoms with Crippen molar-refractivity contribution < 1.29 is 13.9 Å². The summed E-state index contributed by atoms with van der Waals surface area (Å²) in [5.41, 5.74) is 6.30. The molecule has 0 aliphatic rings. The second kappa shape index (κ2) is 7.38. The van der Waals surface area contributed by atoms with Crippen LogP contribution < -0.4 is 15.2 Å². The monoisotopic (exact) mass is 369 g/mol. The number of thiocarbonyl (C=S) groups is 1. The standard InChI is InChI=1S/C15H13BrFNO2S/c16-13-5-4-12(9-14(13)17)20-7-6-19-11-3-1-2-10(8-11)15(18)21/h1-5,8-9H,6-7H2,(H2,18,21). The summed E-state index contributed by atoms with van der Waals surface area (Å²) in [6.07, 6.45) is 0. The SMILES string of the molecule is NC(=S)c1cccc(OCCOc2ccc(Br)c(F)c2)c1. The van der Waals surface area contributed by atoms with Crippen LogP contribution in [0.2, 0.25) is 0 Å². The second-order valence-corrected chi connectivity index (χ2v) is 5.46. The zero-order valence-electron chi connectivity index (χ0n) is 11.0. The van der Waals surface area contributed by atoms with Crippen molar-refractivity contribution in [2.75, 3.05) is 13.2 Å². The minimum atomic E-state index is -0.363. The Morgan fingerprint density at radius 2 is 1.76 bits per heavy atom. The highest BCUT2D eigenvalue weighted by Gasteiger charge is 2.02. The molecule has 3 nitrogen and oxygen atoms in total. The summed E-state index contributed by atoms with van der Waals surface area (Å²) in [6.45, 7) is 0.636. The molecule has 0 saturated carbocycles. The van der Waals surface area contributed by atoms with Crippen LogP contribution in [-0.4, -0.2) is 18.2 Å². The summed E-state index contributed by atoms with van der Waals surface area (Å²) in [6, 6.07) is 11.8. The molecule has 21 heavy (non-hydrogen) atoms. The lowest BCUT2D eigenvalue weighted by atomic mass is 10.2. The van der Waals surface area contributed by atoms with Crippen LogP contribution in [0.4, 0.5) is 4.39 Å². The van der Waals surface area contributed by atoms with Crippen LogP contribution in [0, 0.1) is 5.82 Å². The maximum absolute atomic E-state index is 13.3. The van der Waals surface area contributed by atoms with Crippen molar-refractivity contribution in [2.24, 2.45) is 5.73 Å². The molecule has 6 heteroatoms. The maximum Gasteiger partial charge on any atom is 0.141 e. The first kappa shape index (κ1) is 15.7. The van der Waals surface area contributed by atoms with Gasteiger partial charge in [0.2, 0.25) is 0 Å². The first-order valence-corrected chi connectivity index (χ1v) is 7.37. The average molecular weight is 370 g/mol. The lowest BCUT2D eigenvalue weighted by molar-refractivity contribution is 0.216. The van der Waals surface area contributed by atoms with Gasteiger partial charge in [-0.2, -0.15) is 0 Å². The molecule has 110 valence electrons. The van der Waals surface area contributed by atoms with Crippen LogP contribution in [-0.2, 0) is 0 Å². The minimum absolute atomic E-state index is 0.304. The molecule has 0 aliphatic carbocycles. The van der Waals surface area contributed by atoms with E-state index in [4.69, 9.17) is 27.4 Å². The average Bonchev–Trinajstić information content (AvgIpc) is 2.47. The summed E-state index contributed by atoms with van der Waals surface area (Å²) in [5.74, 6) is 0.750. The largest absolute Gasteiger partial charge is 0.490 e. The van der Waals surface area contributed by atoms with Gasteiger partial charge in [0.05, 0.1) is 4.47 Å². The van der Waals surface area contributed by atoms with Crippen LogP contribution in [0.1, 0.15) is 5.56 Å². The molecule has 2 N–H and O–H groups in total. The van der Waals surface area contributed by atoms with E-state index in [2.05, 4.69) is 15.9 Å². The molecular formula is C15H13BrFNO2S. The molecule has 2 rings (SSSR count). The summed E-state index contributed by atoms with van der Waals surface area (Å²) in [4.78, 5) is 0.321. The van der Waals surface area contributed by atoms with Crippen LogP contribution in [0.3, 0.4) is 0 Å². The van der Waals surface area contributed by atoms with E-state index in [1.54, 1.807) is 24.3 Å². The van der Waals surface area contributed by atoms with Crippen LogP contribution in [0.5, 0.6) is 11.5 Å². The van der Waals surface area contributed by atoms with Crippen molar-refractivity contribution in [3.8, 4) is 11.5 Å². The quantitative estimate of drug-likeness (QED) is 0.623. The van der Waals surface area contributed by atoms with Gasteiger partial charge in [0.25, 0.3) is 0 Å². The lowest BCUT2D eigenvalue weighted by Gasteiger charge is -2.09. The fourth-order valence-corrected chi connectivity index (χ4v) is 2.00. The van der Waals surface area contributed by atoms with Crippen LogP contribution in [0.25, 0.3) is 0 Å². The summed E-state index contributed by atoms with van der Waals surface area (Å²) in [5, 5.41) is 0. The smallest absolute Gasteiger partial charge is 0.141 e. The van der Waals surface area contributed by atoms with Gasteiger partial charge in [-0.3, -0.25) is 0 Å². The van der Waals surface area contributed by atoms with Gasteiger partial charge >= 0.3 is 0 Å². The Bertz CT molecular complexity index is 651. The van der Waals surface area contributed by atoms with E-state index in [0.717, 1.165) is 5.56 Å². The van der Waals surface area contributed by atoms with Gasteiger partial charge in [0, 0.05) is 11.6 Å². The Morgan fingerprint density at radius 1 is 1.10 bits per heavy atom. The third-order valence-corrected chi connectivity index (χ3v) is 3.51. The van der Waals surface area contributed by atoms with Crippen molar-refractivity contribution in [1.29, 1.82) is 0 Å². The Kier molecular flexibility index (Phi) is 5.52. The van der Waals surface area contributed by atoms with E-state index < -0.39 is 0 Å². The van der Waals surface area contributed by atoms with Crippen molar-refractivity contribution in [1.82, 2.24) is 0 Å². The first-order valence-electron chi connectivity index (χ1n) is 6.17. The molecule has 2 aromatic carbocycles. The van der Waals surface area contributed by atoms with E-state index >= 15 is 0 Å². The van der Waals surface area contributed by atoms with Crippen molar-refractivity contribution in [2.45, 2.75) is 0 Å². The predicted octanol–water partition coefficient (Wildman–Crippen LogP) is 3.68. The normalized spacial score (nSPS) is 10.2. The highest BCUT2D eigenvalue weighted by atomic mass is 79.9. The van der Waals surface area contributed by atoms with Crippen LogP contribution in [0.15, 0.2) is 46.9 Å². The molecule has 0 saturated heterocycles. The van der Waals surface area contributed by atoms with E-state index in [-0.39, 0.29) is 5.82 Å². The Balaban J connectivity index is 1.83. The van der Waals surface area contributed by atoms with E-state index in [9.17, 15) is 4.39 Å². The molecular weight excluding hydrogens is 357 g/mol. The molecule has 0 aliphatic heterocycles. The van der Waals surface area contributed by atoms with Crippen molar-refractivity contribution in [3.63, 3.8) is 0 Å². The maximum atomic E-state index is 13.3. The molecule has 0 unspecified atom stereocenters. The summed E-state index contributed by atoms with van der Waals surface area (Å²) < 4.78 is 24.6. The Hall–Kier alpha value is -1.66. The highest BCUT2D eigenvalue weighted by molar-refractivity contribution is 9.10. The number of ether oxygens (including phenoxy) is 2. The Morgan fingerprint density at radius 3 is 2.38 bits per heavy atom. The fourth-order valence-electron chi connectivity index (χ4n) is 1.62. The van der Waals surface area contributed by atoms with Gasteiger partial charge in [-0.25, -0.2) is 4.39 Å². The molecule has 0 amide bonds. The van der Waals surface area contributed by atoms with Gasteiger partial charge in [-0.05, 0) is 40.2 Å². The Labute approximate surface area is 136 Å². The molecule has 0 spiro atoms. The van der Waals surface area contributed by atoms with Gasteiger partial charge in [-0.15, -0.1) is 0 Å². The number of halogens is 2. The van der Waals surface area contributed by atoms with E-state index in [0.29, 0.717) is 34.2 Å². The third kappa shape index (κ3) is 4.68. The minimum Gasteiger partial charge on any atom is -0.490 e. The number of benzene rings is 2. The second-order valence-electron chi connectivity index (χ2n) is 4.16. The first-order chi connectivity index (χ1) is 10.1. The molecule has 0 heterocycles. The summed E-state index contributed by atoms with van der Waals surface area (Å²) in [7, 11) is 0. The zero-order valence-corrected chi connectivity index (χ0v) is 13.4. The van der Waals surface area contributed by atoms with Crippen molar-refractivity contribution >= 4 is 33.1 Å². The van der Waals surface area contributed by atoms with Gasteiger partial charge in [0.15, 0.2) is 0 Å². The molecule has 0 atom stereocenters. The number of rotatable bonds is 6. The van der Waals surface area contributed by atoms with E-state index in [1.165, 1.54) is 6.07 Å². The molecule has 0 bridgehead atoms. The van der Waals surface area contributed by atoms with Gasteiger partial charge < -0.3 is 15.2 Å². The van der Waals surface area contributed by atoms with Gasteiger partial charge in [-0.1, -0.05) is 24.4 Å². The molecule has 2 aromatic rings. The zero-order chi connectivity index (χ0) is 15.2. The lowest BCUT2D eigenvalue weighted by Crippen LogP contribution is -2.11. The molecule has 0 fully saturated rings. The molecule has 0 aromatic heterocycles. The van der Waals surface area contributed by atoms with Gasteiger partial charge in [0.1, 0.15) is 35.5 Å². The third-order valence-electron chi connectivity index (χ3n) is 2.63. The topological polar surface area (TPSA) is 44.5 Å². The number of hydrogen-bond donors (Lipinski definition) is 1. The fraction of sp³-hybridized carbons (Fsp3) is 0.133. The highest BCUT2D eigenvalue weighted by Crippen LogP contribution is 2.21. The van der Waals surface area contributed by atoms with Crippen LogP contribution >= 0.6 is 28.1 Å². The number of hydrogen-bond acceptors (Lipinski definition) is 3. The van der Waals surface area contributed by atoms with Crippen molar-refractivity contribution in [3.05, 3.63) is 58.3 Å². The van der Waals surface area contributed by atoms with E-state index in [1.807, 2.05) is 12.1 Å². The predicted molar refractivity (Wildman–Crippen MR) is 87.4 cm³/mol.